The van der Waals surface area contributed by atoms with Gasteiger partial charge in [0.15, 0.2) is 5.65 Å². The van der Waals surface area contributed by atoms with Crippen molar-refractivity contribution >= 4 is 11.0 Å². The highest BCUT2D eigenvalue weighted by molar-refractivity contribution is 5.81. The molecule has 1 aliphatic heterocycles. The van der Waals surface area contributed by atoms with Crippen LogP contribution in [0.3, 0.4) is 0 Å². The number of aromatic nitrogens is 6. The van der Waals surface area contributed by atoms with Gasteiger partial charge in [-0.25, -0.2) is 4.68 Å². The van der Waals surface area contributed by atoms with Crippen LogP contribution in [0.15, 0.2) is 48.9 Å². The summed E-state index contributed by atoms with van der Waals surface area (Å²) in [6.45, 7) is 1.06. The van der Waals surface area contributed by atoms with Crippen molar-refractivity contribution in [3.05, 3.63) is 48.9 Å². The first-order valence-corrected chi connectivity index (χ1v) is 10.0. The fourth-order valence-corrected chi connectivity index (χ4v) is 4.50. The van der Waals surface area contributed by atoms with Gasteiger partial charge in [0.2, 0.25) is 0 Å². The summed E-state index contributed by atoms with van der Waals surface area (Å²) in [6, 6.07) is 9.93. The molecule has 3 aromatic heterocycles. The third-order valence-corrected chi connectivity index (χ3v) is 6.26. The lowest BCUT2D eigenvalue weighted by atomic mass is 9.97. The molecule has 4 heterocycles. The SMILES string of the molecule is Oc1cc(-n2ccnn2)ccc1-c1cc2ccn(C3CCNC4(CC4)C3)c2nn1. The van der Waals surface area contributed by atoms with Crippen LogP contribution in [0, 0.1) is 0 Å². The minimum Gasteiger partial charge on any atom is -0.507 e. The minimum atomic E-state index is 0.139. The number of phenolic OH excluding ortho intramolecular Hbond substituents is 1. The smallest absolute Gasteiger partial charge is 0.162 e. The summed E-state index contributed by atoms with van der Waals surface area (Å²) in [6.07, 6.45) is 10.3. The van der Waals surface area contributed by atoms with E-state index < -0.39 is 0 Å². The van der Waals surface area contributed by atoms with E-state index in [0.717, 1.165) is 36.1 Å². The molecule has 8 nitrogen and oxygen atoms in total. The van der Waals surface area contributed by atoms with Gasteiger partial charge in [-0.05, 0) is 56.5 Å². The number of benzene rings is 1. The topological polar surface area (TPSA) is 93.7 Å². The highest BCUT2D eigenvalue weighted by Crippen LogP contribution is 2.46. The predicted octanol–water partition coefficient (Wildman–Crippen LogP) is 2.84. The van der Waals surface area contributed by atoms with Crippen molar-refractivity contribution in [3.8, 4) is 22.7 Å². The van der Waals surface area contributed by atoms with Crippen molar-refractivity contribution in [2.45, 2.75) is 37.3 Å². The first-order chi connectivity index (χ1) is 14.2. The summed E-state index contributed by atoms with van der Waals surface area (Å²) in [5, 5.41) is 32.0. The van der Waals surface area contributed by atoms with Crippen LogP contribution in [-0.2, 0) is 0 Å². The highest BCUT2D eigenvalue weighted by Gasteiger charge is 2.46. The summed E-state index contributed by atoms with van der Waals surface area (Å²) >= 11 is 0. The maximum Gasteiger partial charge on any atom is 0.162 e. The molecule has 4 aromatic rings. The normalized spacial score (nSPS) is 20.3. The van der Waals surface area contributed by atoms with Crippen LogP contribution in [0.25, 0.3) is 28.0 Å². The van der Waals surface area contributed by atoms with Crippen LogP contribution in [0.4, 0.5) is 0 Å². The molecule has 1 spiro atoms. The number of nitrogens with one attached hydrogen (secondary N) is 1. The van der Waals surface area contributed by atoms with Gasteiger partial charge < -0.3 is 15.0 Å². The maximum atomic E-state index is 10.5. The lowest BCUT2D eigenvalue weighted by Gasteiger charge is -2.31. The van der Waals surface area contributed by atoms with Gasteiger partial charge in [-0.3, -0.25) is 0 Å². The van der Waals surface area contributed by atoms with E-state index in [1.807, 2.05) is 18.2 Å². The Kier molecular flexibility index (Phi) is 3.52. The molecule has 1 aromatic carbocycles. The number of nitrogens with zero attached hydrogens (tertiary/aromatic N) is 6. The highest BCUT2D eigenvalue weighted by atomic mass is 16.3. The Bertz CT molecular complexity index is 1190. The van der Waals surface area contributed by atoms with Gasteiger partial charge in [-0.15, -0.1) is 15.3 Å². The standard InChI is InChI=1S/C21H21N7O/c29-19-12-15(28-10-8-23-26-28)1-2-17(19)18-11-14-4-9-27(20(14)25-24-18)16-3-7-22-21(13-16)5-6-21/h1-2,4,8-12,16,22,29H,3,5-7,13H2. The van der Waals surface area contributed by atoms with Gasteiger partial charge in [0.25, 0.3) is 0 Å². The monoisotopic (exact) mass is 387 g/mol. The second-order valence-electron chi connectivity index (χ2n) is 8.13. The van der Waals surface area contributed by atoms with Crippen LogP contribution in [0.5, 0.6) is 5.75 Å². The second-order valence-corrected chi connectivity index (χ2v) is 8.13. The van der Waals surface area contributed by atoms with Crippen LogP contribution in [0.2, 0.25) is 0 Å². The molecular weight excluding hydrogens is 366 g/mol. The molecule has 6 rings (SSSR count). The van der Waals surface area contributed by atoms with Crippen LogP contribution in [0.1, 0.15) is 31.7 Å². The van der Waals surface area contributed by atoms with Crippen LogP contribution >= 0.6 is 0 Å². The minimum absolute atomic E-state index is 0.139. The number of rotatable bonds is 3. The lowest BCUT2D eigenvalue weighted by Crippen LogP contribution is -2.40. The molecule has 1 saturated heterocycles. The van der Waals surface area contributed by atoms with E-state index in [1.165, 1.54) is 12.8 Å². The summed E-state index contributed by atoms with van der Waals surface area (Å²) in [5.41, 5.74) is 3.32. The molecule has 146 valence electrons. The molecule has 2 fully saturated rings. The zero-order chi connectivity index (χ0) is 19.4. The van der Waals surface area contributed by atoms with E-state index in [9.17, 15) is 5.11 Å². The Hall–Kier alpha value is -3.26. The Balaban J connectivity index is 1.34. The molecule has 1 aliphatic carbocycles. The summed E-state index contributed by atoms with van der Waals surface area (Å²) < 4.78 is 3.88. The average molecular weight is 387 g/mol. The molecule has 29 heavy (non-hydrogen) atoms. The zero-order valence-corrected chi connectivity index (χ0v) is 15.9. The van der Waals surface area contributed by atoms with Crippen LogP contribution < -0.4 is 5.32 Å². The van der Waals surface area contributed by atoms with E-state index in [2.05, 4.69) is 42.7 Å². The summed E-state index contributed by atoms with van der Waals surface area (Å²) in [4.78, 5) is 0. The van der Waals surface area contributed by atoms with E-state index in [4.69, 9.17) is 0 Å². The Morgan fingerprint density at radius 3 is 2.83 bits per heavy atom. The van der Waals surface area contributed by atoms with Gasteiger partial charge in [0.1, 0.15) is 5.75 Å². The number of hydrogen-bond acceptors (Lipinski definition) is 6. The molecule has 2 N–H and O–H groups in total. The summed E-state index contributed by atoms with van der Waals surface area (Å²) in [5.74, 6) is 0.139. The van der Waals surface area contributed by atoms with Crippen molar-refractivity contribution in [3.63, 3.8) is 0 Å². The number of hydrogen-bond donors (Lipinski definition) is 2. The largest absolute Gasteiger partial charge is 0.507 e. The zero-order valence-electron chi connectivity index (χ0n) is 15.9. The van der Waals surface area contributed by atoms with Gasteiger partial charge in [0, 0.05) is 34.8 Å². The van der Waals surface area contributed by atoms with Gasteiger partial charge in [-0.1, -0.05) is 5.21 Å². The van der Waals surface area contributed by atoms with Crippen LogP contribution in [-0.4, -0.2) is 46.9 Å². The fraction of sp³-hybridized carbons (Fsp3) is 0.333. The Morgan fingerprint density at radius 1 is 1.10 bits per heavy atom. The number of phenols is 1. The third-order valence-electron chi connectivity index (χ3n) is 6.26. The van der Waals surface area contributed by atoms with Crippen molar-refractivity contribution in [2.75, 3.05) is 6.54 Å². The first-order valence-electron chi connectivity index (χ1n) is 10.0. The van der Waals surface area contributed by atoms with Crippen molar-refractivity contribution in [1.82, 2.24) is 35.1 Å². The molecular formula is C21H21N7O. The van der Waals surface area contributed by atoms with Crippen molar-refractivity contribution in [2.24, 2.45) is 0 Å². The number of fused-ring (bicyclic) bond motifs is 1. The van der Waals surface area contributed by atoms with Gasteiger partial charge in [-0.2, -0.15) is 0 Å². The van der Waals surface area contributed by atoms with E-state index in [-0.39, 0.29) is 5.75 Å². The molecule has 1 atom stereocenters. The number of piperidine rings is 1. The Labute approximate surface area is 167 Å². The van der Waals surface area contributed by atoms with Crippen molar-refractivity contribution < 1.29 is 5.11 Å². The second kappa shape index (κ2) is 6.12. The number of aromatic hydroxyl groups is 1. The average Bonchev–Trinajstić information content (AvgIpc) is 3.15. The quantitative estimate of drug-likeness (QED) is 0.561. The molecule has 0 radical (unpaired) electrons. The molecule has 2 aliphatic rings. The van der Waals surface area contributed by atoms with E-state index in [0.29, 0.717) is 22.8 Å². The molecule has 1 unspecified atom stereocenters. The Morgan fingerprint density at radius 2 is 2.03 bits per heavy atom. The van der Waals surface area contributed by atoms with Crippen molar-refractivity contribution in [1.29, 1.82) is 0 Å². The molecule has 1 saturated carbocycles. The summed E-state index contributed by atoms with van der Waals surface area (Å²) in [7, 11) is 0. The molecule has 8 heteroatoms. The maximum absolute atomic E-state index is 10.5. The molecule has 0 amide bonds. The van der Waals surface area contributed by atoms with E-state index >= 15 is 0 Å². The lowest BCUT2D eigenvalue weighted by molar-refractivity contribution is 0.290. The predicted molar refractivity (Wildman–Crippen MR) is 108 cm³/mol. The third kappa shape index (κ3) is 2.79. The van der Waals surface area contributed by atoms with Gasteiger partial charge in [0.05, 0.1) is 23.8 Å². The first kappa shape index (κ1) is 16.7. The molecule has 0 bridgehead atoms. The fourth-order valence-electron chi connectivity index (χ4n) is 4.50. The van der Waals surface area contributed by atoms with E-state index in [1.54, 1.807) is 23.1 Å². The van der Waals surface area contributed by atoms with Gasteiger partial charge >= 0.3 is 0 Å².